The number of carbonyl (C=O) groups excluding carboxylic acids is 1. The number of rotatable bonds is 3. The van der Waals surface area contributed by atoms with Crippen LogP contribution in [0.5, 0.6) is 0 Å². The zero-order valence-electron chi connectivity index (χ0n) is 11.8. The predicted octanol–water partition coefficient (Wildman–Crippen LogP) is 2.09. The zero-order valence-corrected chi connectivity index (χ0v) is 11.8. The van der Waals surface area contributed by atoms with Gasteiger partial charge in [0.15, 0.2) is 0 Å². The molecule has 0 unspecified atom stereocenters. The van der Waals surface area contributed by atoms with E-state index in [0.29, 0.717) is 19.0 Å². The van der Waals surface area contributed by atoms with E-state index in [9.17, 15) is 4.79 Å². The molecule has 2 rings (SSSR count). The normalized spacial score (nSPS) is 15.9. The van der Waals surface area contributed by atoms with E-state index >= 15 is 0 Å². The number of piperazine rings is 1. The molecule has 1 aliphatic heterocycles. The van der Waals surface area contributed by atoms with Crippen LogP contribution in [0.1, 0.15) is 19.4 Å². The number of nitrogens with two attached hydrogens (primary N) is 1. The highest BCUT2D eigenvalue weighted by Gasteiger charge is 2.19. The van der Waals surface area contributed by atoms with E-state index in [2.05, 4.69) is 43.0 Å². The number of nitrogens with zero attached hydrogens (tertiary/aromatic N) is 2. The van der Waals surface area contributed by atoms with Gasteiger partial charge >= 0.3 is 6.03 Å². The van der Waals surface area contributed by atoms with Crippen molar-refractivity contribution in [2.75, 3.05) is 31.1 Å². The van der Waals surface area contributed by atoms with E-state index in [1.807, 2.05) is 0 Å². The molecule has 1 saturated heterocycles. The number of hydrogen-bond donors (Lipinski definition) is 1. The molecule has 2 N–H and O–H groups in total. The average molecular weight is 261 g/mol. The number of benzene rings is 1. The number of carbonyl (C=O) groups is 1. The van der Waals surface area contributed by atoms with Gasteiger partial charge in [0.05, 0.1) is 0 Å². The van der Waals surface area contributed by atoms with Crippen molar-refractivity contribution in [3.63, 3.8) is 0 Å². The zero-order chi connectivity index (χ0) is 13.8. The third-order valence-corrected chi connectivity index (χ3v) is 3.51. The fourth-order valence-corrected chi connectivity index (χ4v) is 2.54. The van der Waals surface area contributed by atoms with Gasteiger partial charge in [-0.25, -0.2) is 4.79 Å². The maximum Gasteiger partial charge on any atom is 0.314 e. The number of anilines is 1. The fourth-order valence-electron chi connectivity index (χ4n) is 2.54. The van der Waals surface area contributed by atoms with Crippen molar-refractivity contribution in [2.45, 2.75) is 20.3 Å². The monoisotopic (exact) mass is 261 g/mol. The molecule has 1 aromatic rings. The smallest absolute Gasteiger partial charge is 0.314 e. The summed E-state index contributed by atoms with van der Waals surface area (Å²) >= 11 is 0. The molecule has 1 fully saturated rings. The topological polar surface area (TPSA) is 49.6 Å². The minimum Gasteiger partial charge on any atom is -0.368 e. The molecule has 0 bridgehead atoms. The third-order valence-electron chi connectivity index (χ3n) is 3.51. The Morgan fingerprint density at radius 2 is 1.95 bits per heavy atom. The quantitative estimate of drug-likeness (QED) is 0.905. The van der Waals surface area contributed by atoms with Gasteiger partial charge in [0.2, 0.25) is 0 Å². The first-order valence-electron chi connectivity index (χ1n) is 6.94. The van der Waals surface area contributed by atoms with Crippen molar-refractivity contribution in [3.8, 4) is 0 Å². The summed E-state index contributed by atoms with van der Waals surface area (Å²) in [7, 11) is 0. The van der Waals surface area contributed by atoms with Crippen LogP contribution < -0.4 is 10.6 Å². The standard InChI is InChI=1S/C15H23N3O/c1-12(2)10-13-4-3-5-14(11-13)17-6-8-18(9-7-17)15(16)19/h3-5,11-12H,6-10H2,1-2H3,(H2,16,19). The Morgan fingerprint density at radius 1 is 1.26 bits per heavy atom. The van der Waals surface area contributed by atoms with Gasteiger partial charge in [-0.1, -0.05) is 26.0 Å². The minimum absolute atomic E-state index is 0.312. The molecule has 0 saturated carbocycles. The van der Waals surface area contributed by atoms with Crippen LogP contribution >= 0.6 is 0 Å². The van der Waals surface area contributed by atoms with Crippen LogP contribution in [-0.2, 0) is 6.42 Å². The number of amides is 2. The van der Waals surface area contributed by atoms with Gasteiger partial charge in [-0.05, 0) is 30.0 Å². The molecule has 1 heterocycles. The minimum atomic E-state index is -0.312. The van der Waals surface area contributed by atoms with Gasteiger partial charge in [-0.2, -0.15) is 0 Å². The van der Waals surface area contributed by atoms with Gasteiger partial charge in [-0.3, -0.25) is 0 Å². The van der Waals surface area contributed by atoms with E-state index in [-0.39, 0.29) is 6.03 Å². The average Bonchev–Trinajstić information content (AvgIpc) is 2.38. The summed E-state index contributed by atoms with van der Waals surface area (Å²) in [6, 6.07) is 8.40. The van der Waals surface area contributed by atoms with Gasteiger partial charge in [0.25, 0.3) is 0 Å². The van der Waals surface area contributed by atoms with E-state index in [0.717, 1.165) is 19.5 Å². The van der Waals surface area contributed by atoms with Crippen molar-refractivity contribution >= 4 is 11.7 Å². The number of hydrogen-bond acceptors (Lipinski definition) is 2. The lowest BCUT2D eigenvalue weighted by atomic mass is 10.0. The van der Waals surface area contributed by atoms with Crippen LogP contribution in [0.2, 0.25) is 0 Å². The molecule has 0 aliphatic carbocycles. The molecular formula is C15H23N3O. The summed E-state index contributed by atoms with van der Waals surface area (Å²) in [5.41, 5.74) is 7.93. The maximum absolute atomic E-state index is 11.1. The Bertz CT molecular complexity index is 437. The Balaban J connectivity index is 2.01. The Labute approximate surface area is 115 Å². The van der Waals surface area contributed by atoms with Crippen LogP contribution in [0.15, 0.2) is 24.3 Å². The summed E-state index contributed by atoms with van der Waals surface area (Å²) in [6.07, 6.45) is 1.11. The highest BCUT2D eigenvalue weighted by atomic mass is 16.2. The molecule has 0 spiro atoms. The van der Waals surface area contributed by atoms with E-state index in [1.54, 1.807) is 4.90 Å². The molecule has 104 valence electrons. The lowest BCUT2D eigenvalue weighted by Crippen LogP contribution is -2.50. The Hall–Kier alpha value is -1.71. The molecule has 1 aliphatic rings. The summed E-state index contributed by atoms with van der Waals surface area (Å²) in [4.78, 5) is 15.1. The summed E-state index contributed by atoms with van der Waals surface area (Å²) in [6.45, 7) is 7.60. The molecule has 4 heteroatoms. The molecule has 19 heavy (non-hydrogen) atoms. The third kappa shape index (κ3) is 3.63. The van der Waals surface area contributed by atoms with Gasteiger partial charge in [0, 0.05) is 31.9 Å². The Kier molecular flexibility index (Phi) is 4.30. The highest BCUT2D eigenvalue weighted by Crippen LogP contribution is 2.19. The summed E-state index contributed by atoms with van der Waals surface area (Å²) in [5, 5.41) is 0. The van der Waals surface area contributed by atoms with Crippen LogP contribution in [0.25, 0.3) is 0 Å². The van der Waals surface area contributed by atoms with Crippen molar-refractivity contribution in [1.29, 1.82) is 0 Å². The number of primary amides is 1. The van der Waals surface area contributed by atoms with E-state index in [1.165, 1.54) is 11.3 Å². The fraction of sp³-hybridized carbons (Fsp3) is 0.533. The largest absolute Gasteiger partial charge is 0.368 e. The molecule has 0 radical (unpaired) electrons. The molecule has 1 aromatic carbocycles. The predicted molar refractivity (Wildman–Crippen MR) is 78.4 cm³/mol. The lowest BCUT2D eigenvalue weighted by molar-refractivity contribution is 0.204. The van der Waals surface area contributed by atoms with Gasteiger partial charge in [-0.15, -0.1) is 0 Å². The number of urea groups is 1. The molecule has 4 nitrogen and oxygen atoms in total. The van der Waals surface area contributed by atoms with Crippen LogP contribution in [0, 0.1) is 5.92 Å². The van der Waals surface area contributed by atoms with Crippen LogP contribution in [0.3, 0.4) is 0 Å². The second kappa shape index (κ2) is 5.95. The van der Waals surface area contributed by atoms with Crippen molar-refractivity contribution < 1.29 is 4.79 Å². The van der Waals surface area contributed by atoms with Crippen molar-refractivity contribution in [3.05, 3.63) is 29.8 Å². The van der Waals surface area contributed by atoms with Crippen molar-refractivity contribution in [2.24, 2.45) is 11.7 Å². The highest BCUT2D eigenvalue weighted by molar-refractivity contribution is 5.72. The Morgan fingerprint density at radius 3 is 2.53 bits per heavy atom. The first-order chi connectivity index (χ1) is 9.06. The molecule has 2 amide bonds. The second-order valence-corrected chi connectivity index (χ2v) is 5.58. The molecule has 0 atom stereocenters. The lowest BCUT2D eigenvalue weighted by Gasteiger charge is -2.35. The first-order valence-corrected chi connectivity index (χ1v) is 6.94. The summed E-state index contributed by atoms with van der Waals surface area (Å²) < 4.78 is 0. The van der Waals surface area contributed by atoms with Crippen LogP contribution in [0.4, 0.5) is 10.5 Å². The maximum atomic E-state index is 11.1. The van der Waals surface area contributed by atoms with E-state index in [4.69, 9.17) is 5.73 Å². The molecular weight excluding hydrogens is 238 g/mol. The molecule has 0 aromatic heterocycles. The SMILES string of the molecule is CC(C)Cc1cccc(N2CCN(C(N)=O)CC2)c1. The summed E-state index contributed by atoms with van der Waals surface area (Å²) in [5.74, 6) is 0.668. The first kappa shape index (κ1) is 13.7. The van der Waals surface area contributed by atoms with Crippen molar-refractivity contribution in [1.82, 2.24) is 4.90 Å². The van der Waals surface area contributed by atoms with E-state index < -0.39 is 0 Å². The second-order valence-electron chi connectivity index (χ2n) is 5.58. The van der Waals surface area contributed by atoms with Gasteiger partial charge < -0.3 is 15.5 Å². The van der Waals surface area contributed by atoms with Gasteiger partial charge in [0.1, 0.15) is 0 Å². The van der Waals surface area contributed by atoms with Crippen LogP contribution in [-0.4, -0.2) is 37.1 Å².